The van der Waals surface area contributed by atoms with Gasteiger partial charge in [0.25, 0.3) is 0 Å². The molecule has 0 bridgehead atoms. The Labute approximate surface area is 104 Å². The molecule has 2 nitrogen and oxygen atoms in total. The van der Waals surface area contributed by atoms with E-state index in [0.29, 0.717) is 18.0 Å². The van der Waals surface area contributed by atoms with Crippen LogP contribution in [0.1, 0.15) is 37.7 Å². The monoisotopic (exact) mass is 230 g/mol. The molecule has 4 atom stereocenters. The van der Waals surface area contributed by atoms with E-state index in [0.717, 1.165) is 12.5 Å². The third-order valence-corrected chi connectivity index (χ3v) is 4.51. The largest absolute Gasteiger partial charge is 0.328 e. The molecule has 0 spiro atoms. The van der Waals surface area contributed by atoms with Crippen LogP contribution in [0, 0.1) is 0 Å². The fourth-order valence-corrected chi connectivity index (χ4v) is 3.70. The van der Waals surface area contributed by atoms with Gasteiger partial charge in [-0.3, -0.25) is 4.90 Å². The van der Waals surface area contributed by atoms with Crippen molar-refractivity contribution in [2.24, 2.45) is 5.73 Å². The predicted octanol–water partition coefficient (Wildman–Crippen LogP) is 2.35. The summed E-state index contributed by atoms with van der Waals surface area (Å²) >= 11 is 0. The van der Waals surface area contributed by atoms with Gasteiger partial charge in [-0.15, -0.1) is 0 Å². The summed E-state index contributed by atoms with van der Waals surface area (Å²) in [4.78, 5) is 2.68. The molecule has 2 heterocycles. The van der Waals surface area contributed by atoms with Crippen molar-refractivity contribution in [2.45, 2.75) is 50.2 Å². The van der Waals surface area contributed by atoms with Crippen LogP contribution in [0.3, 0.4) is 0 Å². The summed E-state index contributed by atoms with van der Waals surface area (Å²) in [6.07, 6.45) is 3.65. The SMILES string of the molecule is C[C@@H]1C[C@H](N)C[C@@H]2C[C@H](c3ccccc3)CN21. The minimum Gasteiger partial charge on any atom is -0.328 e. The Kier molecular flexibility index (Phi) is 2.93. The fraction of sp³-hybridized carbons (Fsp3) is 0.600. The van der Waals surface area contributed by atoms with Crippen molar-refractivity contribution in [2.75, 3.05) is 6.54 Å². The number of nitrogens with two attached hydrogens (primary N) is 1. The lowest BCUT2D eigenvalue weighted by molar-refractivity contribution is 0.121. The van der Waals surface area contributed by atoms with E-state index < -0.39 is 0 Å². The molecule has 3 rings (SSSR count). The standard InChI is InChI=1S/C15H22N2/c1-11-7-14(16)9-15-8-13(10-17(11)15)12-5-3-2-4-6-12/h2-6,11,13-15H,7-10,16H2,1H3/t11-,13+,14+,15+/m1/s1. The maximum absolute atomic E-state index is 6.14. The molecule has 17 heavy (non-hydrogen) atoms. The number of rotatable bonds is 1. The van der Waals surface area contributed by atoms with Crippen molar-refractivity contribution in [3.63, 3.8) is 0 Å². The van der Waals surface area contributed by atoms with E-state index in [9.17, 15) is 0 Å². The van der Waals surface area contributed by atoms with Gasteiger partial charge < -0.3 is 5.73 Å². The first kappa shape index (κ1) is 11.2. The van der Waals surface area contributed by atoms with Crippen LogP contribution in [0.5, 0.6) is 0 Å². The molecule has 2 aliphatic heterocycles. The highest BCUT2D eigenvalue weighted by atomic mass is 15.2. The Morgan fingerprint density at radius 3 is 2.65 bits per heavy atom. The second-order valence-electron chi connectivity index (χ2n) is 5.77. The molecule has 0 unspecified atom stereocenters. The average Bonchev–Trinajstić information content (AvgIpc) is 2.74. The summed E-state index contributed by atoms with van der Waals surface area (Å²) in [5, 5.41) is 0. The predicted molar refractivity (Wildman–Crippen MR) is 71.0 cm³/mol. The topological polar surface area (TPSA) is 29.3 Å². The molecular weight excluding hydrogens is 208 g/mol. The van der Waals surface area contributed by atoms with Gasteiger partial charge in [-0.1, -0.05) is 30.3 Å². The summed E-state index contributed by atoms with van der Waals surface area (Å²) in [5.41, 5.74) is 7.64. The fourth-order valence-electron chi connectivity index (χ4n) is 3.70. The van der Waals surface area contributed by atoms with Crippen LogP contribution in [0.25, 0.3) is 0 Å². The molecule has 2 fully saturated rings. The number of hydrogen-bond acceptors (Lipinski definition) is 2. The summed E-state index contributed by atoms with van der Waals surface area (Å²) in [6, 6.07) is 12.8. The van der Waals surface area contributed by atoms with Gasteiger partial charge in [-0.25, -0.2) is 0 Å². The first-order valence-electron chi connectivity index (χ1n) is 6.80. The molecule has 0 aromatic heterocycles. The van der Waals surface area contributed by atoms with Crippen molar-refractivity contribution < 1.29 is 0 Å². The third kappa shape index (κ3) is 2.12. The quantitative estimate of drug-likeness (QED) is 0.802. The van der Waals surface area contributed by atoms with Crippen molar-refractivity contribution >= 4 is 0 Å². The normalized spacial score (nSPS) is 38.0. The number of nitrogens with zero attached hydrogens (tertiary/aromatic N) is 1. The number of fused-ring (bicyclic) bond motifs is 1. The summed E-state index contributed by atoms with van der Waals surface area (Å²) in [7, 11) is 0. The zero-order valence-corrected chi connectivity index (χ0v) is 10.5. The molecule has 92 valence electrons. The van der Waals surface area contributed by atoms with Gasteiger partial charge in [0.15, 0.2) is 0 Å². The second-order valence-corrected chi connectivity index (χ2v) is 5.77. The van der Waals surface area contributed by atoms with E-state index in [1.54, 1.807) is 0 Å². The Bertz CT molecular complexity index is 376. The third-order valence-electron chi connectivity index (χ3n) is 4.51. The molecule has 2 saturated heterocycles. The lowest BCUT2D eigenvalue weighted by atomic mass is 9.91. The molecule has 1 aromatic rings. The van der Waals surface area contributed by atoms with E-state index in [1.807, 2.05) is 0 Å². The van der Waals surface area contributed by atoms with Crippen LogP contribution in [-0.2, 0) is 0 Å². The Morgan fingerprint density at radius 1 is 1.12 bits per heavy atom. The Hall–Kier alpha value is -0.860. The van der Waals surface area contributed by atoms with Gasteiger partial charge in [0.05, 0.1) is 0 Å². The molecule has 2 heteroatoms. The second kappa shape index (κ2) is 4.43. The van der Waals surface area contributed by atoms with Crippen LogP contribution >= 0.6 is 0 Å². The van der Waals surface area contributed by atoms with E-state index in [1.165, 1.54) is 24.9 Å². The minimum absolute atomic E-state index is 0.417. The number of hydrogen-bond donors (Lipinski definition) is 1. The zero-order valence-electron chi connectivity index (χ0n) is 10.5. The minimum atomic E-state index is 0.417. The summed E-state index contributed by atoms with van der Waals surface area (Å²) in [5.74, 6) is 0.717. The highest BCUT2D eigenvalue weighted by Gasteiger charge is 2.39. The van der Waals surface area contributed by atoms with Crippen molar-refractivity contribution in [1.29, 1.82) is 0 Å². The smallest absolute Gasteiger partial charge is 0.0119 e. The van der Waals surface area contributed by atoms with Crippen LogP contribution in [0.15, 0.2) is 30.3 Å². The Morgan fingerprint density at radius 2 is 1.88 bits per heavy atom. The van der Waals surface area contributed by atoms with Crippen LogP contribution in [0.2, 0.25) is 0 Å². The van der Waals surface area contributed by atoms with Gasteiger partial charge in [0.2, 0.25) is 0 Å². The molecule has 2 aliphatic rings. The maximum atomic E-state index is 6.14. The summed E-state index contributed by atoms with van der Waals surface area (Å²) < 4.78 is 0. The number of benzene rings is 1. The zero-order chi connectivity index (χ0) is 11.8. The van der Waals surface area contributed by atoms with Crippen molar-refractivity contribution in [3.05, 3.63) is 35.9 Å². The van der Waals surface area contributed by atoms with Crippen LogP contribution in [-0.4, -0.2) is 29.6 Å². The highest BCUT2D eigenvalue weighted by Crippen LogP contribution is 2.38. The lowest BCUT2D eigenvalue weighted by Crippen LogP contribution is -2.48. The molecular formula is C15H22N2. The molecule has 0 aliphatic carbocycles. The highest BCUT2D eigenvalue weighted by molar-refractivity contribution is 5.22. The average molecular weight is 230 g/mol. The van der Waals surface area contributed by atoms with Gasteiger partial charge in [-0.05, 0) is 37.7 Å². The van der Waals surface area contributed by atoms with Crippen LogP contribution < -0.4 is 5.73 Å². The van der Waals surface area contributed by atoms with Crippen molar-refractivity contribution in [1.82, 2.24) is 4.90 Å². The van der Waals surface area contributed by atoms with Gasteiger partial charge >= 0.3 is 0 Å². The van der Waals surface area contributed by atoms with E-state index >= 15 is 0 Å². The summed E-state index contributed by atoms with van der Waals surface area (Å²) in [6.45, 7) is 3.56. The van der Waals surface area contributed by atoms with E-state index in [-0.39, 0.29) is 0 Å². The first-order valence-corrected chi connectivity index (χ1v) is 6.80. The number of piperidine rings is 1. The molecule has 0 saturated carbocycles. The lowest BCUT2D eigenvalue weighted by Gasteiger charge is -2.38. The molecule has 0 amide bonds. The first-order chi connectivity index (χ1) is 8.24. The Balaban J connectivity index is 1.76. The van der Waals surface area contributed by atoms with E-state index in [4.69, 9.17) is 5.73 Å². The molecule has 2 N–H and O–H groups in total. The van der Waals surface area contributed by atoms with Crippen LogP contribution in [0.4, 0.5) is 0 Å². The van der Waals surface area contributed by atoms with Gasteiger partial charge in [-0.2, -0.15) is 0 Å². The maximum Gasteiger partial charge on any atom is 0.0119 e. The van der Waals surface area contributed by atoms with Crippen molar-refractivity contribution in [3.8, 4) is 0 Å². The van der Waals surface area contributed by atoms with Gasteiger partial charge in [0, 0.05) is 24.7 Å². The molecule has 0 radical (unpaired) electrons. The molecule has 1 aromatic carbocycles. The van der Waals surface area contributed by atoms with Gasteiger partial charge in [0.1, 0.15) is 0 Å². The van der Waals surface area contributed by atoms with E-state index in [2.05, 4.69) is 42.2 Å².